The maximum Gasteiger partial charge on any atom is 0.258 e. The van der Waals surface area contributed by atoms with Crippen molar-refractivity contribution in [2.75, 3.05) is 12.0 Å². The number of benzene rings is 2. The Kier molecular flexibility index (Phi) is 5.18. The van der Waals surface area contributed by atoms with Crippen LogP contribution in [0.5, 0.6) is 5.75 Å². The first-order chi connectivity index (χ1) is 14.5. The quantitative estimate of drug-likeness (QED) is 0.507. The van der Waals surface area contributed by atoms with Crippen LogP contribution in [-0.4, -0.2) is 32.6 Å². The van der Waals surface area contributed by atoms with Crippen LogP contribution in [0.15, 0.2) is 54.6 Å². The number of para-hydroxylation sites is 2. The van der Waals surface area contributed by atoms with Gasteiger partial charge in [0.1, 0.15) is 5.75 Å². The van der Waals surface area contributed by atoms with Gasteiger partial charge in [-0.05, 0) is 51.1 Å². The van der Waals surface area contributed by atoms with Crippen molar-refractivity contribution in [2.45, 2.75) is 27.3 Å². The number of ether oxygens (including phenoxy) is 1. The highest BCUT2D eigenvalue weighted by molar-refractivity contribution is 6.06. The van der Waals surface area contributed by atoms with E-state index in [-0.39, 0.29) is 12.5 Å². The summed E-state index contributed by atoms with van der Waals surface area (Å²) in [7, 11) is 1.59. The molecule has 4 rings (SSSR count). The molecule has 2 aromatic carbocycles. The van der Waals surface area contributed by atoms with Crippen LogP contribution in [0.3, 0.4) is 0 Å². The summed E-state index contributed by atoms with van der Waals surface area (Å²) in [4.78, 5) is 24.1. The number of fused-ring (bicyclic) bond motifs is 1. The van der Waals surface area contributed by atoms with Crippen molar-refractivity contribution >= 4 is 17.4 Å². The zero-order valence-electron chi connectivity index (χ0n) is 17.5. The number of aryl methyl sites for hydroxylation is 3. The van der Waals surface area contributed by atoms with Gasteiger partial charge >= 0.3 is 0 Å². The third-order valence-corrected chi connectivity index (χ3v) is 4.85. The smallest absolute Gasteiger partial charge is 0.258 e. The lowest BCUT2D eigenvalue weighted by molar-refractivity contribution is 0.0983. The molecule has 0 fully saturated rings. The van der Waals surface area contributed by atoms with Gasteiger partial charge < -0.3 is 4.74 Å². The number of rotatable bonds is 5. The third kappa shape index (κ3) is 3.74. The van der Waals surface area contributed by atoms with Gasteiger partial charge in [-0.3, -0.25) is 9.69 Å². The van der Waals surface area contributed by atoms with Crippen molar-refractivity contribution in [3.05, 3.63) is 82.9 Å². The maximum atomic E-state index is 13.5. The van der Waals surface area contributed by atoms with Gasteiger partial charge in [-0.25, -0.2) is 9.50 Å². The number of anilines is 1. The molecule has 0 saturated carbocycles. The standard InChI is InChI=1S/C23H23N5O2/c1-15-8-7-9-18(12-15)22(29)27(19-10-5-6-11-20(19)30-4)14-21-25-23-24-16(2)13-17(3)28(23)26-21/h5-13H,14H2,1-4H3. The van der Waals surface area contributed by atoms with E-state index in [0.29, 0.717) is 28.6 Å². The average Bonchev–Trinajstić information content (AvgIpc) is 3.14. The van der Waals surface area contributed by atoms with Crippen molar-refractivity contribution in [2.24, 2.45) is 0 Å². The second-order valence-electron chi connectivity index (χ2n) is 7.21. The predicted octanol–water partition coefficient (Wildman–Crippen LogP) is 3.91. The fraction of sp³-hybridized carbons (Fsp3) is 0.217. The molecule has 0 bridgehead atoms. The number of nitrogens with zero attached hydrogens (tertiary/aromatic N) is 5. The summed E-state index contributed by atoms with van der Waals surface area (Å²) >= 11 is 0. The molecule has 4 aromatic rings. The SMILES string of the molecule is COc1ccccc1N(Cc1nc2nc(C)cc(C)n2n1)C(=O)c1cccc(C)c1. The first-order valence-electron chi connectivity index (χ1n) is 9.67. The van der Waals surface area contributed by atoms with Gasteiger partial charge in [0.25, 0.3) is 11.7 Å². The maximum absolute atomic E-state index is 13.5. The summed E-state index contributed by atoms with van der Waals surface area (Å²) in [6.45, 7) is 6.03. The topological polar surface area (TPSA) is 72.6 Å². The average molecular weight is 401 g/mol. The molecule has 0 N–H and O–H groups in total. The molecular formula is C23H23N5O2. The van der Waals surface area contributed by atoms with E-state index in [0.717, 1.165) is 17.0 Å². The Bertz CT molecular complexity index is 1230. The van der Waals surface area contributed by atoms with Gasteiger partial charge in [0.15, 0.2) is 5.82 Å². The molecule has 0 unspecified atom stereocenters. The van der Waals surface area contributed by atoms with E-state index in [1.54, 1.807) is 16.5 Å². The molecule has 0 atom stereocenters. The molecule has 0 radical (unpaired) electrons. The molecular weight excluding hydrogens is 378 g/mol. The number of hydrogen-bond acceptors (Lipinski definition) is 5. The fourth-order valence-corrected chi connectivity index (χ4v) is 3.47. The van der Waals surface area contributed by atoms with Gasteiger partial charge in [-0.2, -0.15) is 4.98 Å². The van der Waals surface area contributed by atoms with E-state index in [1.807, 2.05) is 75.4 Å². The second-order valence-corrected chi connectivity index (χ2v) is 7.21. The molecule has 7 nitrogen and oxygen atoms in total. The largest absolute Gasteiger partial charge is 0.495 e. The van der Waals surface area contributed by atoms with Crippen molar-refractivity contribution in [3.63, 3.8) is 0 Å². The first kappa shape index (κ1) is 19.6. The van der Waals surface area contributed by atoms with Crippen LogP contribution in [0.1, 0.15) is 33.1 Å². The lowest BCUT2D eigenvalue weighted by Gasteiger charge is -2.23. The summed E-state index contributed by atoms with van der Waals surface area (Å²) in [6.07, 6.45) is 0. The minimum absolute atomic E-state index is 0.150. The first-order valence-corrected chi connectivity index (χ1v) is 9.67. The summed E-state index contributed by atoms with van der Waals surface area (Å²) in [5.41, 5.74) is 4.07. The van der Waals surface area contributed by atoms with Crippen LogP contribution in [0.25, 0.3) is 5.78 Å². The van der Waals surface area contributed by atoms with E-state index in [4.69, 9.17) is 4.74 Å². The van der Waals surface area contributed by atoms with E-state index in [9.17, 15) is 4.79 Å². The van der Waals surface area contributed by atoms with Gasteiger partial charge in [0, 0.05) is 17.0 Å². The van der Waals surface area contributed by atoms with Gasteiger partial charge in [0.05, 0.1) is 19.3 Å². The predicted molar refractivity (Wildman–Crippen MR) is 115 cm³/mol. The lowest BCUT2D eigenvalue weighted by Crippen LogP contribution is -2.31. The molecule has 0 aliphatic carbocycles. The van der Waals surface area contributed by atoms with Crippen molar-refractivity contribution in [3.8, 4) is 5.75 Å². The van der Waals surface area contributed by atoms with Crippen molar-refractivity contribution in [1.82, 2.24) is 19.6 Å². The Morgan fingerprint density at radius 1 is 1.03 bits per heavy atom. The summed E-state index contributed by atoms with van der Waals surface area (Å²) in [6, 6.07) is 16.9. The van der Waals surface area contributed by atoms with Crippen LogP contribution in [0.4, 0.5) is 5.69 Å². The zero-order valence-corrected chi connectivity index (χ0v) is 17.5. The lowest BCUT2D eigenvalue weighted by atomic mass is 10.1. The number of carbonyl (C=O) groups is 1. The normalized spacial score (nSPS) is 10.9. The Balaban J connectivity index is 1.79. The van der Waals surface area contributed by atoms with Gasteiger partial charge in [0.2, 0.25) is 0 Å². The third-order valence-electron chi connectivity index (χ3n) is 4.85. The van der Waals surface area contributed by atoms with Gasteiger partial charge in [-0.1, -0.05) is 29.8 Å². The summed E-state index contributed by atoms with van der Waals surface area (Å²) < 4.78 is 7.21. The molecule has 2 aromatic heterocycles. The van der Waals surface area contributed by atoms with Crippen molar-refractivity contribution < 1.29 is 9.53 Å². The number of methoxy groups -OCH3 is 1. The number of hydrogen-bond donors (Lipinski definition) is 0. The molecule has 0 aliphatic heterocycles. The van der Waals surface area contributed by atoms with E-state index in [2.05, 4.69) is 15.1 Å². The molecule has 152 valence electrons. The Morgan fingerprint density at radius 3 is 2.60 bits per heavy atom. The monoisotopic (exact) mass is 401 g/mol. The molecule has 2 heterocycles. The van der Waals surface area contributed by atoms with Crippen LogP contribution in [0.2, 0.25) is 0 Å². The van der Waals surface area contributed by atoms with Gasteiger partial charge in [-0.15, -0.1) is 5.10 Å². The number of carbonyl (C=O) groups excluding carboxylic acids is 1. The van der Waals surface area contributed by atoms with E-state index >= 15 is 0 Å². The minimum Gasteiger partial charge on any atom is -0.495 e. The molecule has 30 heavy (non-hydrogen) atoms. The van der Waals surface area contributed by atoms with E-state index in [1.165, 1.54) is 0 Å². The molecule has 0 saturated heterocycles. The molecule has 0 spiro atoms. The number of amides is 1. The van der Waals surface area contributed by atoms with Crippen LogP contribution < -0.4 is 9.64 Å². The molecule has 0 aliphatic rings. The number of aromatic nitrogens is 4. The van der Waals surface area contributed by atoms with Crippen molar-refractivity contribution in [1.29, 1.82) is 0 Å². The summed E-state index contributed by atoms with van der Waals surface area (Å²) in [5, 5.41) is 4.58. The molecule has 7 heteroatoms. The highest BCUT2D eigenvalue weighted by Gasteiger charge is 2.23. The zero-order chi connectivity index (χ0) is 21.3. The summed E-state index contributed by atoms with van der Waals surface area (Å²) in [5.74, 6) is 1.48. The second kappa shape index (κ2) is 7.94. The van der Waals surface area contributed by atoms with Crippen LogP contribution in [-0.2, 0) is 6.54 Å². The fourth-order valence-electron chi connectivity index (χ4n) is 3.47. The minimum atomic E-state index is -0.150. The Labute approximate surface area is 175 Å². The van der Waals surface area contributed by atoms with Crippen LogP contribution in [0, 0.1) is 20.8 Å². The highest BCUT2D eigenvalue weighted by atomic mass is 16.5. The Hall–Kier alpha value is -3.74. The van der Waals surface area contributed by atoms with E-state index < -0.39 is 0 Å². The van der Waals surface area contributed by atoms with Crippen LogP contribution >= 0.6 is 0 Å². The Morgan fingerprint density at radius 2 is 1.83 bits per heavy atom. The molecule has 1 amide bonds. The highest BCUT2D eigenvalue weighted by Crippen LogP contribution is 2.30.